The monoisotopic (exact) mass is 282 g/mol. The van der Waals surface area contributed by atoms with Gasteiger partial charge in [-0.05, 0) is 31.7 Å². The molecule has 5 N–H and O–H groups in total. The molecule has 1 aliphatic carbocycles. The van der Waals surface area contributed by atoms with Gasteiger partial charge >= 0.3 is 0 Å². The molecule has 110 valence electrons. The highest BCUT2D eigenvalue weighted by atomic mass is 19.1. The Morgan fingerprint density at radius 3 is 2.65 bits per heavy atom. The zero-order valence-electron chi connectivity index (χ0n) is 11.4. The first-order valence-electron chi connectivity index (χ1n) is 6.57. The molecule has 0 unspecified atom stereocenters. The summed E-state index contributed by atoms with van der Waals surface area (Å²) in [6.07, 6.45) is 3.52. The SMILES string of the molecule is COc1nc(N[C@H]2CC[C@H](N)CC2)c(F)cc1C(N)=O. The zero-order chi connectivity index (χ0) is 14.7. The number of pyridine rings is 1. The normalized spacial score (nSPS) is 22.4. The predicted octanol–water partition coefficient (Wildman–Crippen LogP) is 1.01. The van der Waals surface area contributed by atoms with Crippen LogP contribution in [0.25, 0.3) is 0 Å². The van der Waals surface area contributed by atoms with Crippen LogP contribution in [0.5, 0.6) is 5.88 Å². The Kier molecular flexibility index (Phi) is 4.39. The first kappa shape index (κ1) is 14.5. The van der Waals surface area contributed by atoms with Gasteiger partial charge < -0.3 is 21.5 Å². The predicted molar refractivity (Wildman–Crippen MR) is 73.1 cm³/mol. The highest BCUT2D eigenvalue weighted by molar-refractivity contribution is 5.95. The van der Waals surface area contributed by atoms with Crippen molar-refractivity contribution in [3.8, 4) is 5.88 Å². The number of anilines is 1. The molecular formula is C13H19FN4O2. The molecule has 0 atom stereocenters. The van der Waals surface area contributed by atoms with Gasteiger partial charge in [-0.15, -0.1) is 0 Å². The van der Waals surface area contributed by atoms with Gasteiger partial charge in [0.05, 0.1) is 7.11 Å². The molecule has 1 aromatic rings. The largest absolute Gasteiger partial charge is 0.480 e. The Balaban J connectivity index is 2.17. The molecule has 1 saturated carbocycles. The topological polar surface area (TPSA) is 103 Å². The molecule has 1 amide bonds. The Bertz CT molecular complexity index is 501. The molecule has 1 aromatic heterocycles. The number of nitrogens with zero attached hydrogens (tertiary/aromatic N) is 1. The van der Waals surface area contributed by atoms with E-state index < -0.39 is 11.7 Å². The van der Waals surface area contributed by atoms with E-state index in [2.05, 4.69) is 10.3 Å². The lowest BCUT2D eigenvalue weighted by molar-refractivity contribution is 0.0996. The third kappa shape index (κ3) is 3.16. The maximum absolute atomic E-state index is 13.9. The van der Waals surface area contributed by atoms with Crippen LogP contribution in [0, 0.1) is 5.82 Å². The van der Waals surface area contributed by atoms with Crippen LogP contribution >= 0.6 is 0 Å². The summed E-state index contributed by atoms with van der Waals surface area (Å²) >= 11 is 0. The average Bonchev–Trinajstić information content (AvgIpc) is 2.42. The second-order valence-corrected chi connectivity index (χ2v) is 5.00. The fourth-order valence-electron chi connectivity index (χ4n) is 2.36. The number of hydrogen-bond donors (Lipinski definition) is 3. The minimum atomic E-state index is -0.775. The van der Waals surface area contributed by atoms with E-state index in [9.17, 15) is 9.18 Å². The minimum absolute atomic E-state index is 0.0221. The molecule has 0 saturated heterocycles. The first-order valence-corrected chi connectivity index (χ1v) is 6.57. The van der Waals surface area contributed by atoms with Crippen LogP contribution in [0.15, 0.2) is 6.07 Å². The van der Waals surface area contributed by atoms with E-state index in [1.165, 1.54) is 7.11 Å². The molecule has 0 aliphatic heterocycles. The number of amides is 1. The summed E-state index contributed by atoms with van der Waals surface area (Å²) in [6.45, 7) is 0. The van der Waals surface area contributed by atoms with Crippen molar-refractivity contribution in [1.29, 1.82) is 0 Å². The number of nitrogens with one attached hydrogen (secondary N) is 1. The highest BCUT2D eigenvalue weighted by Crippen LogP contribution is 2.25. The second-order valence-electron chi connectivity index (χ2n) is 5.00. The molecule has 6 nitrogen and oxygen atoms in total. The van der Waals surface area contributed by atoms with E-state index in [0.717, 1.165) is 31.7 Å². The summed E-state index contributed by atoms with van der Waals surface area (Å²) in [5, 5.41) is 3.04. The highest BCUT2D eigenvalue weighted by Gasteiger charge is 2.22. The second kappa shape index (κ2) is 6.04. The van der Waals surface area contributed by atoms with Crippen molar-refractivity contribution >= 4 is 11.7 Å². The molecular weight excluding hydrogens is 263 g/mol. The van der Waals surface area contributed by atoms with E-state index >= 15 is 0 Å². The lowest BCUT2D eigenvalue weighted by Crippen LogP contribution is -2.33. The zero-order valence-corrected chi connectivity index (χ0v) is 11.4. The van der Waals surface area contributed by atoms with Crippen molar-refractivity contribution in [3.63, 3.8) is 0 Å². The quantitative estimate of drug-likeness (QED) is 0.764. The number of primary amides is 1. The van der Waals surface area contributed by atoms with Crippen molar-refractivity contribution in [3.05, 3.63) is 17.4 Å². The fraction of sp³-hybridized carbons (Fsp3) is 0.538. The molecule has 0 aromatic carbocycles. The van der Waals surface area contributed by atoms with Crippen LogP contribution in [-0.4, -0.2) is 30.1 Å². The molecule has 1 aliphatic rings. The minimum Gasteiger partial charge on any atom is -0.480 e. The number of ether oxygens (including phenoxy) is 1. The number of methoxy groups -OCH3 is 1. The summed E-state index contributed by atoms with van der Waals surface area (Å²) in [5.74, 6) is -1.29. The molecule has 0 radical (unpaired) electrons. The van der Waals surface area contributed by atoms with Gasteiger partial charge in [-0.1, -0.05) is 0 Å². The number of hydrogen-bond acceptors (Lipinski definition) is 5. The van der Waals surface area contributed by atoms with E-state index in [1.54, 1.807) is 0 Å². The average molecular weight is 282 g/mol. The van der Waals surface area contributed by atoms with Gasteiger partial charge in [-0.3, -0.25) is 4.79 Å². The fourth-order valence-corrected chi connectivity index (χ4v) is 2.36. The Hall–Kier alpha value is -1.89. The van der Waals surface area contributed by atoms with Crippen molar-refractivity contribution < 1.29 is 13.9 Å². The number of carbonyl (C=O) groups excluding carboxylic acids is 1. The van der Waals surface area contributed by atoms with Gasteiger partial charge in [0.15, 0.2) is 11.6 Å². The van der Waals surface area contributed by atoms with Crippen LogP contribution < -0.4 is 21.5 Å². The van der Waals surface area contributed by atoms with Gasteiger partial charge in [-0.2, -0.15) is 4.98 Å². The molecule has 20 heavy (non-hydrogen) atoms. The lowest BCUT2D eigenvalue weighted by atomic mass is 9.92. The molecule has 0 bridgehead atoms. The number of rotatable bonds is 4. The Morgan fingerprint density at radius 2 is 2.10 bits per heavy atom. The summed E-state index contributed by atoms with van der Waals surface area (Å²) < 4.78 is 18.9. The third-order valence-corrected chi connectivity index (χ3v) is 3.51. The van der Waals surface area contributed by atoms with Crippen molar-refractivity contribution in [2.45, 2.75) is 37.8 Å². The smallest absolute Gasteiger partial charge is 0.254 e. The van der Waals surface area contributed by atoms with Crippen molar-refractivity contribution in [2.75, 3.05) is 12.4 Å². The summed E-state index contributed by atoms with van der Waals surface area (Å²) in [7, 11) is 1.36. The maximum Gasteiger partial charge on any atom is 0.254 e. The van der Waals surface area contributed by atoms with Crippen LogP contribution in [-0.2, 0) is 0 Å². The third-order valence-electron chi connectivity index (χ3n) is 3.51. The lowest BCUT2D eigenvalue weighted by Gasteiger charge is -2.27. The van der Waals surface area contributed by atoms with Crippen molar-refractivity contribution in [2.24, 2.45) is 11.5 Å². The summed E-state index contributed by atoms with van der Waals surface area (Å²) in [6, 6.07) is 1.39. The summed E-state index contributed by atoms with van der Waals surface area (Å²) in [4.78, 5) is 15.2. The van der Waals surface area contributed by atoms with Gasteiger partial charge in [0, 0.05) is 12.1 Å². The van der Waals surface area contributed by atoms with Crippen LogP contribution in [0.2, 0.25) is 0 Å². The van der Waals surface area contributed by atoms with E-state index in [-0.39, 0.29) is 29.3 Å². The van der Waals surface area contributed by atoms with E-state index in [0.29, 0.717) is 0 Å². The first-order chi connectivity index (χ1) is 9.51. The van der Waals surface area contributed by atoms with Crippen LogP contribution in [0.3, 0.4) is 0 Å². The molecule has 0 spiro atoms. The van der Waals surface area contributed by atoms with Gasteiger partial charge in [0.25, 0.3) is 5.91 Å². The number of carbonyl (C=O) groups is 1. The van der Waals surface area contributed by atoms with Gasteiger partial charge in [0.2, 0.25) is 5.88 Å². The number of halogens is 1. The van der Waals surface area contributed by atoms with Gasteiger partial charge in [-0.25, -0.2) is 4.39 Å². The molecule has 2 rings (SSSR count). The Labute approximate surface area is 116 Å². The number of nitrogens with two attached hydrogens (primary N) is 2. The van der Waals surface area contributed by atoms with Crippen LogP contribution in [0.1, 0.15) is 36.0 Å². The van der Waals surface area contributed by atoms with Crippen molar-refractivity contribution in [1.82, 2.24) is 4.98 Å². The van der Waals surface area contributed by atoms with E-state index in [4.69, 9.17) is 16.2 Å². The number of aromatic nitrogens is 1. The Morgan fingerprint density at radius 1 is 1.45 bits per heavy atom. The molecule has 1 fully saturated rings. The van der Waals surface area contributed by atoms with Gasteiger partial charge in [0.1, 0.15) is 5.56 Å². The molecule has 7 heteroatoms. The molecule has 1 heterocycles. The van der Waals surface area contributed by atoms with E-state index in [1.807, 2.05) is 0 Å². The standard InChI is InChI=1S/C13H19FN4O2/c1-20-13-9(11(16)19)6-10(14)12(18-13)17-8-4-2-7(15)3-5-8/h6-8H,2-5,15H2,1H3,(H2,16,19)(H,17,18)/t7-,8-. The summed E-state index contributed by atoms with van der Waals surface area (Å²) in [5.41, 5.74) is 10.9. The maximum atomic E-state index is 13.9. The van der Waals surface area contributed by atoms with Crippen LogP contribution in [0.4, 0.5) is 10.2 Å².